The van der Waals surface area contributed by atoms with E-state index < -0.39 is 29.9 Å². The summed E-state index contributed by atoms with van der Waals surface area (Å²) in [5.74, 6) is 0. The Labute approximate surface area is 118 Å². The van der Waals surface area contributed by atoms with Gasteiger partial charge in [0.25, 0.3) is 0 Å². The van der Waals surface area contributed by atoms with Gasteiger partial charge in [0.1, 0.15) is 12.2 Å². The third-order valence-electron chi connectivity index (χ3n) is 2.58. The molecule has 0 radical (unpaired) electrons. The highest BCUT2D eigenvalue weighted by Gasteiger charge is 2.37. The van der Waals surface area contributed by atoms with Crippen molar-refractivity contribution in [3.05, 3.63) is 12.7 Å². The average Bonchev–Trinajstić information content (AvgIpc) is 2.66. The van der Waals surface area contributed by atoms with Crippen molar-refractivity contribution in [3.8, 4) is 0 Å². The van der Waals surface area contributed by atoms with Crippen LogP contribution in [0.5, 0.6) is 0 Å². The SMILES string of the molecule is C=CCOC(=O)N[C@H]1CN(C(=O)OC(C)(C)C)C[C@H]1O. The number of aliphatic hydroxyl groups is 1. The van der Waals surface area contributed by atoms with Gasteiger partial charge < -0.3 is 24.8 Å². The molecule has 0 unspecified atom stereocenters. The summed E-state index contributed by atoms with van der Waals surface area (Å²) in [7, 11) is 0. The van der Waals surface area contributed by atoms with Crippen molar-refractivity contribution >= 4 is 12.2 Å². The predicted molar refractivity (Wildman–Crippen MR) is 72.3 cm³/mol. The van der Waals surface area contributed by atoms with E-state index in [4.69, 9.17) is 9.47 Å². The van der Waals surface area contributed by atoms with Crippen LogP contribution in [0.2, 0.25) is 0 Å². The zero-order valence-electron chi connectivity index (χ0n) is 12.1. The largest absolute Gasteiger partial charge is 0.445 e. The molecule has 1 heterocycles. The van der Waals surface area contributed by atoms with Crippen LogP contribution in [0, 0.1) is 0 Å². The van der Waals surface area contributed by atoms with Gasteiger partial charge in [0.05, 0.1) is 18.7 Å². The number of nitrogens with zero attached hydrogens (tertiary/aromatic N) is 1. The Morgan fingerprint density at radius 3 is 2.65 bits per heavy atom. The molecule has 2 atom stereocenters. The molecular formula is C13H22N2O5. The lowest BCUT2D eigenvalue weighted by Gasteiger charge is -2.24. The Balaban J connectivity index is 2.48. The number of likely N-dealkylation sites (tertiary alicyclic amines) is 1. The minimum Gasteiger partial charge on any atom is -0.445 e. The van der Waals surface area contributed by atoms with E-state index in [1.54, 1.807) is 20.8 Å². The number of rotatable bonds is 3. The Morgan fingerprint density at radius 2 is 2.10 bits per heavy atom. The summed E-state index contributed by atoms with van der Waals surface area (Å²) in [5.41, 5.74) is -0.601. The molecule has 0 aromatic rings. The van der Waals surface area contributed by atoms with Gasteiger partial charge in [-0.2, -0.15) is 0 Å². The maximum Gasteiger partial charge on any atom is 0.410 e. The third-order valence-corrected chi connectivity index (χ3v) is 2.58. The first kappa shape index (κ1) is 16.3. The van der Waals surface area contributed by atoms with Gasteiger partial charge in [-0.05, 0) is 20.8 Å². The van der Waals surface area contributed by atoms with Gasteiger partial charge >= 0.3 is 12.2 Å². The number of hydrogen-bond donors (Lipinski definition) is 2. The molecule has 7 nitrogen and oxygen atoms in total. The van der Waals surface area contributed by atoms with Gasteiger partial charge in [0, 0.05) is 6.54 Å². The van der Waals surface area contributed by atoms with Crippen molar-refractivity contribution in [2.45, 2.75) is 38.5 Å². The van der Waals surface area contributed by atoms with Gasteiger partial charge in [-0.15, -0.1) is 0 Å². The molecule has 1 aliphatic rings. The van der Waals surface area contributed by atoms with Crippen molar-refractivity contribution in [2.75, 3.05) is 19.7 Å². The van der Waals surface area contributed by atoms with Crippen molar-refractivity contribution in [2.24, 2.45) is 0 Å². The lowest BCUT2D eigenvalue weighted by Crippen LogP contribution is -2.43. The van der Waals surface area contributed by atoms with Gasteiger partial charge in [-0.3, -0.25) is 0 Å². The van der Waals surface area contributed by atoms with Crippen LogP contribution in [0.4, 0.5) is 9.59 Å². The third kappa shape index (κ3) is 5.08. The molecule has 20 heavy (non-hydrogen) atoms. The first-order valence-electron chi connectivity index (χ1n) is 6.43. The second kappa shape index (κ2) is 6.60. The van der Waals surface area contributed by atoms with E-state index in [1.807, 2.05) is 0 Å². The van der Waals surface area contributed by atoms with E-state index in [0.717, 1.165) is 0 Å². The maximum atomic E-state index is 11.8. The van der Waals surface area contributed by atoms with Crippen LogP contribution in [-0.2, 0) is 9.47 Å². The summed E-state index contributed by atoms with van der Waals surface area (Å²) in [6.45, 7) is 9.10. The molecule has 7 heteroatoms. The van der Waals surface area contributed by atoms with Crippen molar-refractivity contribution < 1.29 is 24.2 Å². The number of carbonyl (C=O) groups is 2. The van der Waals surface area contributed by atoms with Crippen LogP contribution >= 0.6 is 0 Å². The number of nitrogens with one attached hydrogen (secondary N) is 1. The molecule has 0 saturated carbocycles. The normalized spacial score (nSPS) is 22.3. The Kier molecular flexibility index (Phi) is 5.38. The molecule has 1 rings (SSSR count). The van der Waals surface area contributed by atoms with E-state index in [2.05, 4.69) is 11.9 Å². The van der Waals surface area contributed by atoms with Crippen molar-refractivity contribution in [3.63, 3.8) is 0 Å². The van der Waals surface area contributed by atoms with Crippen LogP contribution in [0.15, 0.2) is 12.7 Å². The molecule has 0 aromatic heterocycles. The fourth-order valence-corrected chi connectivity index (χ4v) is 1.73. The highest BCUT2D eigenvalue weighted by Crippen LogP contribution is 2.15. The smallest absolute Gasteiger partial charge is 0.410 e. The van der Waals surface area contributed by atoms with Crippen molar-refractivity contribution in [1.82, 2.24) is 10.2 Å². The van der Waals surface area contributed by atoms with Gasteiger partial charge in [-0.1, -0.05) is 12.7 Å². The van der Waals surface area contributed by atoms with Crippen LogP contribution in [0.25, 0.3) is 0 Å². The monoisotopic (exact) mass is 286 g/mol. The summed E-state index contributed by atoms with van der Waals surface area (Å²) in [6, 6.07) is -0.570. The molecule has 1 saturated heterocycles. The first-order chi connectivity index (χ1) is 9.23. The summed E-state index contributed by atoms with van der Waals surface area (Å²) >= 11 is 0. The van der Waals surface area contributed by atoms with Crippen LogP contribution < -0.4 is 5.32 Å². The van der Waals surface area contributed by atoms with E-state index >= 15 is 0 Å². The van der Waals surface area contributed by atoms with Gasteiger partial charge in [-0.25, -0.2) is 9.59 Å². The average molecular weight is 286 g/mol. The number of amides is 2. The minimum absolute atomic E-state index is 0.0877. The lowest BCUT2D eigenvalue weighted by molar-refractivity contribution is 0.0269. The molecule has 0 aliphatic carbocycles. The molecule has 0 bridgehead atoms. The Bertz CT molecular complexity index is 377. The van der Waals surface area contributed by atoms with Gasteiger partial charge in [0.15, 0.2) is 0 Å². The Morgan fingerprint density at radius 1 is 1.45 bits per heavy atom. The first-order valence-corrected chi connectivity index (χ1v) is 6.43. The molecule has 2 N–H and O–H groups in total. The second-order valence-electron chi connectivity index (χ2n) is 5.59. The highest BCUT2D eigenvalue weighted by atomic mass is 16.6. The highest BCUT2D eigenvalue weighted by molar-refractivity contribution is 5.70. The zero-order chi connectivity index (χ0) is 15.3. The number of β-amino-alcohol motifs (C(OH)–C–C–N with tert-alkyl or cyclic N) is 1. The van der Waals surface area contributed by atoms with E-state index in [9.17, 15) is 14.7 Å². The molecule has 0 spiro atoms. The zero-order valence-corrected chi connectivity index (χ0v) is 12.1. The predicted octanol–water partition coefficient (Wildman–Crippen LogP) is 0.879. The van der Waals surface area contributed by atoms with Crippen LogP contribution in [-0.4, -0.2) is 59.6 Å². The summed E-state index contributed by atoms with van der Waals surface area (Å²) < 4.78 is 9.97. The van der Waals surface area contributed by atoms with E-state index in [1.165, 1.54) is 11.0 Å². The number of ether oxygens (including phenoxy) is 2. The molecule has 1 fully saturated rings. The van der Waals surface area contributed by atoms with Gasteiger partial charge in [0.2, 0.25) is 0 Å². The summed E-state index contributed by atoms with van der Waals surface area (Å²) in [4.78, 5) is 24.6. The minimum atomic E-state index is -0.848. The summed E-state index contributed by atoms with van der Waals surface area (Å²) in [6.07, 6.45) is -0.573. The maximum absolute atomic E-state index is 11.8. The number of alkyl carbamates (subject to hydrolysis) is 1. The van der Waals surface area contributed by atoms with E-state index in [-0.39, 0.29) is 19.7 Å². The molecule has 1 aliphatic heterocycles. The molecule has 2 amide bonds. The molecule has 0 aromatic carbocycles. The topological polar surface area (TPSA) is 88.1 Å². The standard InChI is InChI=1S/C13H22N2O5/c1-5-6-19-11(17)14-9-7-15(8-10(9)16)12(18)20-13(2,3)4/h5,9-10,16H,1,6-8H2,2-4H3,(H,14,17)/t9-,10+/m0/s1. The van der Waals surface area contributed by atoms with E-state index in [0.29, 0.717) is 0 Å². The van der Waals surface area contributed by atoms with Crippen LogP contribution in [0.1, 0.15) is 20.8 Å². The number of aliphatic hydroxyl groups excluding tert-OH is 1. The number of carbonyl (C=O) groups excluding carboxylic acids is 2. The van der Waals surface area contributed by atoms with Crippen LogP contribution in [0.3, 0.4) is 0 Å². The fourth-order valence-electron chi connectivity index (χ4n) is 1.73. The molecular weight excluding hydrogens is 264 g/mol. The summed E-state index contributed by atoms with van der Waals surface area (Å²) in [5, 5.41) is 12.3. The quantitative estimate of drug-likeness (QED) is 0.752. The second-order valence-corrected chi connectivity index (χ2v) is 5.59. The number of hydrogen-bond acceptors (Lipinski definition) is 5. The van der Waals surface area contributed by atoms with Crippen molar-refractivity contribution in [1.29, 1.82) is 0 Å². The fraction of sp³-hybridized carbons (Fsp3) is 0.692. The Hall–Kier alpha value is -1.76. The molecule has 114 valence electrons. The lowest BCUT2D eigenvalue weighted by atomic mass is 10.2.